The normalized spacial score (nSPS) is 13.5. The number of nitrogens with one attached hydrogen (secondary N) is 2. The number of aromatic amines is 1. The van der Waals surface area contributed by atoms with Gasteiger partial charge in [-0.15, -0.1) is 11.3 Å². The van der Waals surface area contributed by atoms with Crippen molar-refractivity contribution >= 4 is 22.3 Å². The maximum atomic E-state index is 12.2. The van der Waals surface area contributed by atoms with Crippen LogP contribution in [0.25, 0.3) is 4.96 Å². The molecule has 0 fully saturated rings. The molecular weight excluding hydrogens is 304 g/mol. The SMILES string of the molecule is O=C(NCc1cn2ccsc2n1)N1Cc2nc[nH]c(=O)c2C1. The maximum Gasteiger partial charge on any atom is 0.318 e. The molecule has 0 aliphatic carbocycles. The smallest absolute Gasteiger partial charge is 0.318 e. The molecular formula is C13H12N6O2S. The molecule has 0 radical (unpaired) electrons. The molecule has 8 nitrogen and oxygen atoms in total. The minimum atomic E-state index is -0.228. The van der Waals surface area contributed by atoms with Crippen molar-refractivity contribution in [2.45, 2.75) is 19.6 Å². The Kier molecular flexibility index (Phi) is 2.93. The van der Waals surface area contributed by atoms with E-state index < -0.39 is 0 Å². The average molecular weight is 316 g/mol. The van der Waals surface area contributed by atoms with Crippen LogP contribution in [0, 0.1) is 0 Å². The predicted molar refractivity (Wildman–Crippen MR) is 79.4 cm³/mol. The van der Waals surface area contributed by atoms with Gasteiger partial charge in [0.15, 0.2) is 4.96 Å². The van der Waals surface area contributed by atoms with E-state index in [0.29, 0.717) is 24.3 Å². The Balaban J connectivity index is 1.42. The number of carbonyl (C=O) groups excluding carboxylic acids is 1. The summed E-state index contributed by atoms with van der Waals surface area (Å²) < 4.78 is 1.92. The molecule has 2 amide bonds. The van der Waals surface area contributed by atoms with Crippen molar-refractivity contribution in [1.82, 2.24) is 29.6 Å². The van der Waals surface area contributed by atoms with Gasteiger partial charge in [-0.05, 0) is 0 Å². The van der Waals surface area contributed by atoms with Gasteiger partial charge in [-0.1, -0.05) is 0 Å². The summed E-state index contributed by atoms with van der Waals surface area (Å²) >= 11 is 1.54. The fourth-order valence-corrected chi connectivity index (χ4v) is 3.19. The monoisotopic (exact) mass is 316 g/mol. The van der Waals surface area contributed by atoms with E-state index in [4.69, 9.17) is 0 Å². The van der Waals surface area contributed by atoms with Gasteiger partial charge < -0.3 is 15.2 Å². The number of urea groups is 1. The number of aromatic nitrogens is 4. The Labute approximate surface area is 128 Å². The second-order valence-corrected chi connectivity index (χ2v) is 5.87. The number of hydrogen-bond donors (Lipinski definition) is 2. The summed E-state index contributed by atoms with van der Waals surface area (Å²) in [5.74, 6) is 0. The predicted octanol–water partition coefficient (Wildman–Crippen LogP) is 0.705. The lowest BCUT2D eigenvalue weighted by atomic mass is 10.3. The van der Waals surface area contributed by atoms with E-state index in [1.807, 2.05) is 22.2 Å². The molecule has 0 saturated carbocycles. The first-order valence-corrected chi connectivity index (χ1v) is 7.58. The van der Waals surface area contributed by atoms with Crippen LogP contribution in [0.5, 0.6) is 0 Å². The van der Waals surface area contributed by atoms with Gasteiger partial charge in [-0.25, -0.2) is 14.8 Å². The van der Waals surface area contributed by atoms with Crippen LogP contribution in [0.4, 0.5) is 4.79 Å². The molecule has 0 aromatic carbocycles. The van der Waals surface area contributed by atoms with E-state index in [0.717, 1.165) is 10.7 Å². The lowest BCUT2D eigenvalue weighted by molar-refractivity contribution is 0.197. The van der Waals surface area contributed by atoms with Gasteiger partial charge in [0, 0.05) is 17.8 Å². The Morgan fingerprint density at radius 1 is 1.45 bits per heavy atom. The second-order valence-electron chi connectivity index (χ2n) is 5.00. The first kappa shape index (κ1) is 13.0. The molecule has 3 aromatic rings. The van der Waals surface area contributed by atoms with Gasteiger partial charge >= 0.3 is 6.03 Å². The van der Waals surface area contributed by atoms with Crippen molar-refractivity contribution in [3.63, 3.8) is 0 Å². The second kappa shape index (κ2) is 4.95. The number of thiazole rings is 1. The molecule has 1 aliphatic rings. The van der Waals surface area contributed by atoms with Crippen molar-refractivity contribution in [2.24, 2.45) is 0 Å². The molecule has 4 heterocycles. The van der Waals surface area contributed by atoms with Crippen LogP contribution in [-0.4, -0.2) is 30.3 Å². The van der Waals surface area contributed by atoms with Crippen LogP contribution >= 0.6 is 11.3 Å². The summed E-state index contributed by atoms with van der Waals surface area (Å²) in [4.78, 5) is 37.3. The van der Waals surface area contributed by atoms with Gasteiger partial charge in [0.05, 0.1) is 42.9 Å². The molecule has 0 saturated heterocycles. The minimum absolute atomic E-state index is 0.186. The topological polar surface area (TPSA) is 95.4 Å². The number of H-pyrrole nitrogens is 1. The Bertz CT molecular complexity index is 882. The van der Waals surface area contributed by atoms with Gasteiger partial charge in [0.1, 0.15) is 0 Å². The minimum Gasteiger partial charge on any atom is -0.332 e. The highest BCUT2D eigenvalue weighted by Crippen LogP contribution is 2.17. The third kappa shape index (κ3) is 2.15. The maximum absolute atomic E-state index is 12.2. The zero-order valence-electron chi connectivity index (χ0n) is 11.4. The van der Waals surface area contributed by atoms with Crippen molar-refractivity contribution in [2.75, 3.05) is 0 Å². The average Bonchev–Trinajstić information content (AvgIpc) is 3.18. The number of nitrogens with zero attached hydrogens (tertiary/aromatic N) is 4. The van der Waals surface area contributed by atoms with Crippen LogP contribution in [0.1, 0.15) is 17.0 Å². The molecule has 0 bridgehead atoms. The number of hydrogen-bond acceptors (Lipinski definition) is 5. The zero-order chi connectivity index (χ0) is 15.1. The van der Waals surface area contributed by atoms with E-state index in [1.165, 1.54) is 6.33 Å². The summed E-state index contributed by atoms with van der Waals surface area (Å²) in [5, 5.41) is 4.78. The summed E-state index contributed by atoms with van der Waals surface area (Å²) in [6, 6.07) is -0.228. The third-order valence-corrected chi connectivity index (χ3v) is 4.35. The highest BCUT2D eigenvalue weighted by Gasteiger charge is 2.26. The van der Waals surface area contributed by atoms with E-state index in [1.54, 1.807) is 16.2 Å². The van der Waals surface area contributed by atoms with Crippen molar-refractivity contribution in [1.29, 1.82) is 0 Å². The summed E-state index contributed by atoms with van der Waals surface area (Å²) in [6.07, 6.45) is 5.17. The van der Waals surface area contributed by atoms with Crippen LogP contribution in [0.3, 0.4) is 0 Å². The Morgan fingerprint density at radius 3 is 3.18 bits per heavy atom. The van der Waals surface area contributed by atoms with Crippen LogP contribution in [-0.2, 0) is 19.6 Å². The lowest BCUT2D eigenvalue weighted by Gasteiger charge is -2.15. The lowest BCUT2D eigenvalue weighted by Crippen LogP contribution is -2.36. The molecule has 0 spiro atoms. The van der Waals surface area contributed by atoms with Crippen molar-refractivity contribution < 1.29 is 4.79 Å². The van der Waals surface area contributed by atoms with E-state index in [2.05, 4.69) is 20.3 Å². The van der Waals surface area contributed by atoms with Gasteiger partial charge in [-0.2, -0.15) is 0 Å². The number of carbonyl (C=O) groups is 1. The molecule has 22 heavy (non-hydrogen) atoms. The Hall–Kier alpha value is -2.68. The van der Waals surface area contributed by atoms with E-state index in [9.17, 15) is 9.59 Å². The van der Waals surface area contributed by atoms with Gasteiger partial charge in [-0.3, -0.25) is 9.20 Å². The van der Waals surface area contributed by atoms with Crippen molar-refractivity contribution in [3.05, 3.63) is 51.4 Å². The largest absolute Gasteiger partial charge is 0.332 e. The molecule has 112 valence electrons. The molecule has 3 aromatic heterocycles. The summed E-state index contributed by atoms with van der Waals surface area (Å²) in [6.45, 7) is 0.982. The molecule has 4 rings (SSSR count). The van der Waals surface area contributed by atoms with E-state index in [-0.39, 0.29) is 18.1 Å². The molecule has 0 atom stereocenters. The molecule has 9 heteroatoms. The highest BCUT2D eigenvalue weighted by molar-refractivity contribution is 7.15. The summed E-state index contributed by atoms with van der Waals surface area (Å²) in [5.41, 5.74) is 1.82. The van der Waals surface area contributed by atoms with Crippen LogP contribution in [0.15, 0.2) is 28.9 Å². The summed E-state index contributed by atoms with van der Waals surface area (Å²) in [7, 11) is 0. The number of imidazole rings is 1. The molecule has 0 unspecified atom stereocenters. The van der Waals surface area contributed by atoms with Gasteiger partial charge in [0.25, 0.3) is 5.56 Å². The number of fused-ring (bicyclic) bond motifs is 2. The van der Waals surface area contributed by atoms with E-state index >= 15 is 0 Å². The molecule has 1 aliphatic heterocycles. The van der Waals surface area contributed by atoms with Crippen LogP contribution < -0.4 is 10.9 Å². The quantitative estimate of drug-likeness (QED) is 0.727. The van der Waals surface area contributed by atoms with Crippen molar-refractivity contribution in [3.8, 4) is 0 Å². The standard InChI is InChI=1S/C13H12N6O2S/c20-11-9-5-19(6-10(9)15-7-16-11)12(21)14-3-8-4-18-1-2-22-13(18)17-8/h1-2,4,7H,3,5-6H2,(H,14,21)(H,15,16,20). The number of rotatable bonds is 2. The zero-order valence-corrected chi connectivity index (χ0v) is 12.3. The first-order chi connectivity index (χ1) is 10.7. The molecule has 2 N–H and O–H groups in total. The fraction of sp³-hybridized carbons (Fsp3) is 0.231. The van der Waals surface area contributed by atoms with Gasteiger partial charge in [0.2, 0.25) is 0 Å². The van der Waals surface area contributed by atoms with Crippen LogP contribution in [0.2, 0.25) is 0 Å². The highest BCUT2D eigenvalue weighted by atomic mass is 32.1. The fourth-order valence-electron chi connectivity index (χ4n) is 2.47. The Morgan fingerprint density at radius 2 is 2.36 bits per heavy atom. The number of amides is 2. The first-order valence-electron chi connectivity index (χ1n) is 6.70. The third-order valence-electron chi connectivity index (χ3n) is 3.58.